The number of hydrogen-bond donors (Lipinski definition) is 5. The second-order valence-electron chi connectivity index (χ2n) is 10.5. The Morgan fingerprint density at radius 3 is 2.76 bits per heavy atom. The molecule has 2 aromatic heterocycles. The molecular formula is C28H29N7O2. The molecule has 188 valence electrons. The Hall–Kier alpha value is -3.95. The number of amides is 1. The Balaban J connectivity index is 1.23. The normalized spacial score (nSPS) is 29.9. The van der Waals surface area contributed by atoms with Gasteiger partial charge in [-0.05, 0) is 48.6 Å². The van der Waals surface area contributed by atoms with Crippen LogP contribution in [0.2, 0.25) is 0 Å². The molecule has 6 N–H and O–H groups in total. The van der Waals surface area contributed by atoms with Crippen molar-refractivity contribution in [2.24, 2.45) is 29.4 Å². The van der Waals surface area contributed by atoms with Crippen molar-refractivity contribution in [3.05, 3.63) is 78.0 Å². The number of fused-ring (bicyclic) bond motifs is 6. The number of nitrogens with two attached hydrogens (primary N) is 1. The van der Waals surface area contributed by atoms with Crippen molar-refractivity contribution in [1.29, 1.82) is 0 Å². The van der Waals surface area contributed by atoms with Gasteiger partial charge in [-0.2, -0.15) is 15.4 Å². The Morgan fingerprint density at radius 2 is 1.95 bits per heavy atom. The standard InChI is InChI=1S/C28H29N7O2/c1-14-6-5-9-16(12-14)31-28-33-26-17(10-11-30-26)27(34-28)32-23-18-13-19(21(23)25(29)36)24-20(18)22(35-37-24)15-7-3-2-4-8-15/h2-12,18-24,35H,13H2,1H3,(H2,29,36)(H3,30,31,32,33,34). The van der Waals surface area contributed by atoms with E-state index < -0.39 is 0 Å². The van der Waals surface area contributed by atoms with Crippen LogP contribution in [0.15, 0.2) is 66.9 Å². The van der Waals surface area contributed by atoms with Gasteiger partial charge in [0.15, 0.2) is 0 Å². The van der Waals surface area contributed by atoms with Gasteiger partial charge in [0.2, 0.25) is 11.9 Å². The summed E-state index contributed by atoms with van der Waals surface area (Å²) in [5, 5.41) is 7.85. The summed E-state index contributed by atoms with van der Waals surface area (Å²) >= 11 is 0. The molecule has 0 spiro atoms. The van der Waals surface area contributed by atoms with Crippen LogP contribution in [0.5, 0.6) is 0 Å². The molecule has 9 heteroatoms. The van der Waals surface area contributed by atoms with Gasteiger partial charge in [-0.15, -0.1) is 0 Å². The number of carbonyl (C=O) groups is 1. The highest BCUT2D eigenvalue weighted by Crippen LogP contribution is 2.59. The number of hydroxylamine groups is 1. The number of benzene rings is 2. The molecule has 2 saturated carbocycles. The summed E-state index contributed by atoms with van der Waals surface area (Å²) in [6.45, 7) is 2.05. The first-order chi connectivity index (χ1) is 18.1. The molecule has 9 nitrogen and oxygen atoms in total. The number of H-pyrrole nitrogens is 1. The summed E-state index contributed by atoms with van der Waals surface area (Å²) in [5.41, 5.74) is 13.2. The Bertz CT molecular complexity index is 1470. The maximum atomic E-state index is 12.7. The van der Waals surface area contributed by atoms with Crippen LogP contribution in [-0.4, -0.2) is 33.0 Å². The van der Waals surface area contributed by atoms with E-state index >= 15 is 0 Å². The Morgan fingerprint density at radius 1 is 1.08 bits per heavy atom. The summed E-state index contributed by atoms with van der Waals surface area (Å²) in [6.07, 6.45) is 2.70. The third-order valence-corrected chi connectivity index (χ3v) is 8.35. The third kappa shape index (κ3) is 3.65. The summed E-state index contributed by atoms with van der Waals surface area (Å²) in [4.78, 5) is 31.5. The van der Waals surface area contributed by atoms with Crippen molar-refractivity contribution >= 4 is 34.4 Å². The first-order valence-electron chi connectivity index (χ1n) is 12.8. The summed E-state index contributed by atoms with van der Waals surface area (Å²) in [7, 11) is 0. The number of primary amides is 1. The van der Waals surface area contributed by atoms with Crippen molar-refractivity contribution in [2.45, 2.75) is 31.5 Å². The molecule has 0 radical (unpaired) electrons. The first kappa shape index (κ1) is 22.3. The molecule has 3 fully saturated rings. The predicted molar refractivity (Wildman–Crippen MR) is 141 cm³/mol. The van der Waals surface area contributed by atoms with E-state index in [1.807, 2.05) is 61.7 Å². The molecule has 1 amide bonds. The minimum absolute atomic E-state index is 0.0398. The first-order valence-corrected chi connectivity index (χ1v) is 12.8. The molecule has 37 heavy (non-hydrogen) atoms. The van der Waals surface area contributed by atoms with Crippen molar-refractivity contribution < 1.29 is 9.63 Å². The number of aryl methyl sites for hydroxylation is 1. The van der Waals surface area contributed by atoms with Gasteiger partial charge < -0.3 is 21.4 Å². The van der Waals surface area contributed by atoms with Crippen LogP contribution in [0.25, 0.3) is 11.0 Å². The van der Waals surface area contributed by atoms with Gasteiger partial charge in [0.25, 0.3) is 0 Å². The fourth-order valence-corrected chi connectivity index (χ4v) is 6.89. The fraction of sp³-hybridized carbons (Fsp3) is 0.321. The molecule has 2 aromatic carbocycles. The van der Waals surface area contributed by atoms with Crippen LogP contribution in [0, 0.1) is 30.6 Å². The molecule has 4 aromatic rings. The van der Waals surface area contributed by atoms with Crippen LogP contribution < -0.4 is 21.8 Å². The molecule has 2 aliphatic carbocycles. The van der Waals surface area contributed by atoms with Crippen molar-refractivity contribution in [3.8, 4) is 0 Å². The number of nitrogens with one attached hydrogen (secondary N) is 4. The van der Waals surface area contributed by atoms with Crippen molar-refractivity contribution in [2.75, 3.05) is 10.6 Å². The fourth-order valence-electron chi connectivity index (χ4n) is 6.89. The minimum Gasteiger partial charge on any atom is -0.369 e. The highest BCUT2D eigenvalue weighted by Gasteiger charge is 2.64. The monoisotopic (exact) mass is 495 g/mol. The van der Waals surface area contributed by atoms with Gasteiger partial charge in [-0.25, -0.2) is 0 Å². The van der Waals surface area contributed by atoms with Gasteiger partial charge in [-0.1, -0.05) is 42.5 Å². The molecule has 2 bridgehead atoms. The third-order valence-electron chi connectivity index (χ3n) is 8.35. The second kappa shape index (κ2) is 8.57. The van der Waals surface area contributed by atoms with Gasteiger partial charge in [0.1, 0.15) is 11.5 Å². The lowest BCUT2D eigenvalue weighted by molar-refractivity contribution is -0.126. The van der Waals surface area contributed by atoms with E-state index in [9.17, 15) is 4.79 Å². The van der Waals surface area contributed by atoms with E-state index in [2.05, 4.69) is 38.2 Å². The molecule has 3 heterocycles. The maximum absolute atomic E-state index is 12.7. The Kier molecular flexibility index (Phi) is 5.16. The number of aromatic amines is 1. The smallest absolute Gasteiger partial charge is 0.231 e. The van der Waals surface area contributed by atoms with Crippen LogP contribution >= 0.6 is 0 Å². The molecule has 7 rings (SSSR count). The van der Waals surface area contributed by atoms with E-state index in [0.717, 1.165) is 28.7 Å². The molecule has 3 aliphatic rings. The van der Waals surface area contributed by atoms with Crippen molar-refractivity contribution in [1.82, 2.24) is 20.4 Å². The number of hydrogen-bond acceptors (Lipinski definition) is 7. The topological polar surface area (TPSA) is 130 Å². The molecular weight excluding hydrogens is 466 g/mol. The molecule has 1 saturated heterocycles. The lowest BCUT2D eigenvalue weighted by Gasteiger charge is -2.37. The van der Waals surface area contributed by atoms with Crippen LogP contribution in [-0.2, 0) is 9.63 Å². The highest BCUT2D eigenvalue weighted by molar-refractivity contribution is 5.89. The van der Waals surface area contributed by atoms with Crippen LogP contribution in [0.3, 0.4) is 0 Å². The summed E-state index contributed by atoms with van der Waals surface area (Å²) < 4.78 is 0. The van der Waals surface area contributed by atoms with Gasteiger partial charge >= 0.3 is 0 Å². The van der Waals surface area contributed by atoms with E-state index in [4.69, 9.17) is 15.6 Å². The number of carbonyl (C=O) groups excluding carboxylic acids is 1. The number of aromatic nitrogens is 3. The zero-order valence-corrected chi connectivity index (χ0v) is 20.4. The lowest BCUT2D eigenvalue weighted by Crippen LogP contribution is -2.50. The average Bonchev–Trinajstić information content (AvgIpc) is 3.66. The molecule has 7 atom stereocenters. The van der Waals surface area contributed by atoms with E-state index in [0.29, 0.717) is 11.8 Å². The quantitative estimate of drug-likeness (QED) is 0.275. The van der Waals surface area contributed by atoms with E-state index in [1.54, 1.807) is 0 Å². The lowest BCUT2D eigenvalue weighted by atomic mass is 9.72. The number of nitrogens with zero attached hydrogens (tertiary/aromatic N) is 2. The number of rotatable bonds is 6. The largest absolute Gasteiger partial charge is 0.369 e. The zero-order valence-electron chi connectivity index (χ0n) is 20.4. The summed E-state index contributed by atoms with van der Waals surface area (Å²) in [5.74, 6) is 1.00. The maximum Gasteiger partial charge on any atom is 0.231 e. The van der Waals surface area contributed by atoms with Gasteiger partial charge in [0.05, 0.1) is 23.4 Å². The van der Waals surface area contributed by atoms with E-state index in [-0.39, 0.29) is 47.8 Å². The van der Waals surface area contributed by atoms with Crippen molar-refractivity contribution in [3.63, 3.8) is 0 Å². The minimum atomic E-state index is -0.347. The number of anilines is 3. The second-order valence-corrected chi connectivity index (χ2v) is 10.5. The SMILES string of the molecule is Cc1cccc(Nc2nc(NC3C4CC(C5ONC(c6ccccc6)C45)C3C(N)=O)c3cc[nH]c3n2)c1. The van der Waals surface area contributed by atoms with E-state index in [1.165, 1.54) is 5.56 Å². The predicted octanol–water partition coefficient (Wildman–Crippen LogP) is 3.80. The molecule has 1 aliphatic heterocycles. The highest BCUT2D eigenvalue weighted by atomic mass is 16.7. The molecule has 7 unspecified atom stereocenters. The summed E-state index contributed by atoms with van der Waals surface area (Å²) in [6, 6.07) is 20.3. The van der Waals surface area contributed by atoms with Crippen LogP contribution in [0.1, 0.15) is 23.6 Å². The van der Waals surface area contributed by atoms with Gasteiger partial charge in [-0.3, -0.25) is 9.63 Å². The van der Waals surface area contributed by atoms with Crippen LogP contribution in [0.4, 0.5) is 17.5 Å². The zero-order chi connectivity index (χ0) is 25.1. The Labute approximate surface area is 214 Å². The van der Waals surface area contributed by atoms with Gasteiger partial charge in [0, 0.05) is 29.8 Å². The average molecular weight is 496 g/mol.